The molecule has 0 unspecified atom stereocenters. The summed E-state index contributed by atoms with van der Waals surface area (Å²) >= 11 is 0. The fraction of sp³-hybridized carbons (Fsp3) is 0.923. The van der Waals surface area contributed by atoms with Crippen LogP contribution in [0.2, 0.25) is 0 Å². The van der Waals surface area contributed by atoms with E-state index < -0.39 is 5.97 Å². The number of carboxylic acids is 1. The first kappa shape index (κ1) is 13.5. The van der Waals surface area contributed by atoms with E-state index in [1.165, 1.54) is 12.8 Å². The standard InChI is InChI=1S/C13H25NO2/c1-9(2)7-14(8-13(15)16)12-5-11(6-12)10(3)4/h9-12H,5-8H2,1-4H3,(H,15,16). The molecular weight excluding hydrogens is 202 g/mol. The predicted octanol–water partition coefficient (Wildman–Crippen LogP) is 2.46. The highest BCUT2D eigenvalue weighted by molar-refractivity contribution is 5.69. The number of carbonyl (C=O) groups is 1. The maximum atomic E-state index is 10.8. The van der Waals surface area contributed by atoms with Crippen LogP contribution in [0.25, 0.3) is 0 Å². The topological polar surface area (TPSA) is 40.5 Å². The zero-order valence-corrected chi connectivity index (χ0v) is 10.9. The molecular formula is C13H25NO2. The molecule has 0 atom stereocenters. The smallest absolute Gasteiger partial charge is 0.317 e. The molecule has 0 spiro atoms. The maximum absolute atomic E-state index is 10.8. The summed E-state index contributed by atoms with van der Waals surface area (Å²) < 4.78 is 0. The Hall–Kier alpha value is -0.570. The summed E-state index contributed by atoms with van der Waals surface area (Å²) in [5, 5.41) is 8.90. The highest BCUT2D eigenvalue weighted by Gasteiger charge is 2.35. The van der Waals surface area contributed by atoms with Crippen molar-refractivity contribution < 1.29 is 9.90 Å². The zero-order valence-electron chi connectivity index (χ0n) is 10.9. The molecule has 0 radical (unpaired) electrons. The van der Waals surface area contributed by atoms with Crippen LogP contribution in [0.4, 0.5) is 0 Å². The summed E-state index contributed by atoms with van der Waals surface area (Å²) in [5.74, 6) is 1.38. The highest BCUT2D eigenvalue weighted by atomic mass is 16.4. The van der Waals surface area contributed by atoms with Crippen LogP contribution >= 0.6 is 0 Å². The first-order valence-corrected chi connectivity index (χ1v) is 6.36. The van der Waals surface area contributed by atoms with E-state index in [-0.39, 0.29) is 6.54 Å². The van der Waals surface area contributed by atoms with Gasteiger partial charge in [0.25, 0.3) is 0 Å². The lowest BCUT2D eigenvalue weighted by atomic mass is 9.73. The molecule has 1 aliphatic carbocycles. The normalized spacial score (nSPS) is 25.2. The summed E-state index contributed by atoms with van der Waals surface area (Å²) in [7, 11) is 0. The Labute approximate surface area is 98.8 Å². The second-order valence-corrected chi connectivity index (χ2v) is 5.85. The van der Waals surface area contributed by atoms with Crippen LogP contribution in [0.15, 0.2) is 0 Å². The third kappa shape index (κ3) is 3.78. The van der Waals surface area contributed by atoms with Gasteiger partial charge in [-0.3, -0.25) is 9.69 Å². The Morgan fingerprint density at radius 3 is 2.25 bits per heavy atom. The Balaban J connectivity index is 2.42. The van der Waals surface area contributed by atoms with Gasteiger partial charge in [0.05, 0.1) is 6.54 Å². The van der Waals surface area contributed by atoms with Crippen molar-refractivity contribution in [3.05, 3.63) is 0 Å². The Bertz CT molecular complexity index is 232. The molecule has 0 aromatic heterocycles. The Morgan fingerprint density at radius 2 is 1.88 bits per heavy atom. The van der Waals surface area contributed by atoms with Gasteiger partial charge in [-0.2, -0.15) is 0 Å². The van der Waals surface area contributed by atoms with Crippen molar-refractivity contribution >= 4 is 5.97 Å². The summed E-state index contributed by atoms with van der Waals surface area (Å²) in [5.41, 5.74) is 0. The van der Waals surface area contributed by atoms with Gasteiger partial charge in [-0.25, -0.2) is 0 Å². The van der Waals surface area contributed by atoms with Crippen molar-refractivity contribution in [2.45, 2.75) is 46.6 Å². The van der Waals surface area contributed by atoms with Gasteiger partial charge in [0, 0.05) is 12.6 Å². The van der Waals surface area contributed by atoms with Crippen molar-refractivity contribution in [1.82, 2.24) is 4.90 Å². The van der Waals surface area contributed by atoms with Crippen molar-refractivity contribution in [2.75, 3.05) is 13.1 Å². The van der Waals surface area contributed by atoms with Gasteiger partial charge in [0.1, 0.15) is 0 Å². The lowest BCUT2D eigenvalue weighted by Crippen LogP contribution is -2.49. The Kier molecular flexibility index (Phi) is 4.78. The molecule has 0 aliphatic heterocycles. The van der Waals surface area contributed by atoms with E-state index >= 15 is 0 Å². The predicted molar refractivity (Wildman–Crippen MR) is 65.4 cm³/mol. The van der Waals surface area contributed by atoms with E-state index in [0.717, 1.165) is 18.4 Å². The van der Waals surface area contributed by atoms with Crippen LogP contribution in [0.3, 0.4) is 0 Å². The Morgan fingerprint density at radius 1 is 1.31 bits per heavy atom. The van der Waals surface area contributed by atoms with Gasteiger partial charge in [-0.05, 0) is 30.6 Å². The average molecular weight is 227 g/mol. The summed E-state index contributed by atoms with van der Waals surface area (Å²) in [6.45, 7) is 9.91. The summed E-state index contributed by atoms with van der Waals surface area (Å²) in [6, 6.07) is 0.505. The van der Waals surface area contributed by atoms with Crippen molar-refractivity contribution in [3.63, 3.8) is 0 Å². The number of rotatable bonds is 6. The molecule has 1 N–H and O–H groups in total. The number of carboxylic acid groups (broad SMARTS) is 1. The minimum atomic E-state index is -0.700. The van der Waals surface area contributed by atoms with E-state index in [1.54, 1.807) is 0 Å². The molecule has 94 valence electrons. The quantitative estimate of drug-likeness (QED) is 0.757. The SMILES string of the molecule is CC(C)CN(CC(=O)O)C1CC(C(C)C)C1. The van der Waals surface area contributed by atoms with Gasteiger partial charge in [-0.15, -0.1) is 0 Å². The van der Waals surface area contributed by atoms with Gasteiger partial charge >= 0.3 is 5.97 Å². The molecule has 0 aromatic rings. The van der Waals surface area contributed by atoms with Crippen molar-refractivity contribution in [3.8, 4) is 0 Å². The van der Waals surface area contributed by atoms with Crippen LogP contribution in [-0.2, 0) is 4.79 Å². The molecule has 3 heteroatoms. The molecule has 1 aliphatic rings. The fourth-order valence-electron chi connectivity index (χ4n) is 2.46. The third-order valence-electron chi connectivity index (χ3n) is 3.55. The number of nitrogens with zero attached hydrogens (tertiary/aromatic N) is 1. The molecule has 16 heavy (non-hydrogen) atoms. The molecule has 3 nitrogen and oxygen atoms in total. The van der Waals surface area contributed by atoms with E-state index in [2.05, 4.69) is 32.6 Å². The van der Waals surface area contributed by atoms with Gasteiger partial charge in [-0.1, -0.05) is 27.7 Å². The van der Waals surface area contributed by atoms with Gasteiger partial charge < -0.3 is 5.11 Å². The van der Waals surface area contributed by atoms with Crippen LogP contribution in [0.5, 0.6) is 0 Å². The number of hydrogen-bond donors (Lipinski definition) is 1. The second-order valence-electron chi connectivity index (χ2n) is 5.85. The first-order chi connectivity index (χ1) is 7.40. The molecule has 1 fully saturated rings. The van der Waals surface area contributed by atoms with Gasteiger partial charge in [0.15, 0.2) is 0 Å². The molecule has 0 aromatic carbocycles. The molecule has 0 saturated heterocycles. The average Bonchev–Trinajstić information content (AvgIpc) is 1.96. The van der Waals surface area contributed by atoms with Crippen molar-refractivity contribution in [1.29, 1.82) is 0 Å². The minimum Gasteiger partial charge on any atom is -0.480 e. The number of hydrogen-bond acceptors (Lipinski definition) is 2. The molecule has 1 saturated carbocycles. The summed E-state index contributed by atoms with van der Waals surface area (Å²) in [4.78, 5) is 13.0. The lowest BCUT2D eigenvalue weighted by molar-refractivity contribution is -0.140. The van der Waals surface area contributed by atoms with Crippen LogP contribution in [-0.4, -0.2) is 35.1 Å². The van der Waals surface area contributed by atoms with Crippen LogP contribution in [0.1, 0.15) is 40.5 Å². The molecule has 0 amide bonds. The van der Waals surface area contributed by atoms with Crippen molar-refractivity contribution in [2.24, 2.45) is 17.8 Å². The molecule has 0 heterocycles. The second kappa shape index (κ2) is 5.67. The van der Waals surface area contributed by atoms with E-state index in [9.17, 15) is 4.79 Å². The van der Waals surface area contributed by atoms with Gasteiger partial charge in [0.2, 0.25) is 0 Å². The first-order valence-electron chi connectivity index (χ1n) is 6.36. The molecule has 0 bridgehead atoms. The largest absolute Gasteiger partial charge is 0.480 e. The van der Waals surface area contributed by atoms with E-state index in [4.69, 9.17) is 5.11 Å². The monoisotopic (exact) mass is 227 g/mol. The third-order valence-corrected chi connectivity index (χ3v) is 3.55. The number of aliphatic carboxylic acids is 1. The summed E-state index contributed by atoms with van der Waals surface area (Å²) in [6.07, 6.45) is 2.36. The van der Waals surface area contributed by atoms with E-state index in [0.29, 0.717) is 12.0 Å². The zero-order chi connectivity index (χ0) is 12.3. The lowest BCUT2D eigenvalue weighted by Gasteiger charge is -2.44. The molecule has 1 rings (SSSR count). The van der Waals surface area contributed by atoms with Crippen LogP contribution in [0, 0.1) is 17.8 Å². The fourth-order valence-corrected chi connectivity index (χ4v) is 2.46. The van der Waals surface area contributed by atoms with Crippen LogP contribution < -0.4 is 0 Å². The minimum absolute atomic E-state index is 0.202. The van der Waals surface area contributed by atoms with E-state index in [1.807, 2.05) is 0 Å². The highest BCUT2D eigenvalue weighted by Crippen LogP contribution is 2.37. The maximum Gasteiger partial charge on any atom is 0.317 e.